The molecule has 1 aromatic carbocycles. The summed E-state index contributed by atoms with van der Waals surface area (Å²) in [5.41, 5.74) is 6.40. The van der Waals surface area contributed by atoms with Crippen molar-refractivity contribution in [1.29, 1.82) is 0 Å². The van der Waals surface area contributed by atoms with E-state index in [1.807, 2.05) is 13.0 Å². The molecule has 0 aromatic heterocycles. The molecule has 0 fully saturated rings. The Bertz CT molecular complexity index is 398. The second-order valence-electron chi connectivity index (χ2n) is 4.06. The average Bonchev–Trinajstić information content (AvgIpc) is 2.29. The van der Waals surface area contributed by atoms with Crippen LogP contribution in [0, 0.1) is 5.92 Å². The Morgan fingerprint density at radius 1 is 1.59 bits per heavy atom. The van der Waals surface area contributed by atoms with Gasteiger partial charge < -0.3 is 11.1 Å². The number of benzene rings is 1. The van der Waals surface area contributed by atoms with Crippen LogP contribution in [0.25, 0.3) is 0 Å². The van der Waals surface area contributed by atoms with Crippen molar-refractivity contribution in [1.82, 2.24) is 5.32 Å². The molecule has 0 unspecified atom stereocenters. The molecule has 0 aliphatic rings. The van der Waals surface area contributed by atoms with Gasteiger partial charge in [-0.2, -0.15) is 0 Å². The lowest BCUT2D eigenvalue weighted by Gasteiger charge is -2.10. The van der Waals surface area contributed by atoms with E-state index in [4.69, 9.17) is 17.3 Å². The zero-order valence-electron chi connectivity index (χ0n) is 9.67. The molecule has 1 aromatic rings. The molecule has 1 amide bonds. The molecule has 1 rings (SSSR count). The number of halogens is 2. The van der Waals surface area contributed by atoms with Gasteiger partial charge in [-0.1, -0.05) is 40.5 Å². The molecule has 0 aliphatic heterocycles. The normalized spacial score (nSPS) is 12.2. The number of amides is 1. The molecule has 0 bridgehead atoms. The average molecular weight is 320 g/mol. The molecule has 3 nitrogen and oxygen atoms in total. The summed E-state index contributed by atoms with van der Waals surface area (Å²) in [7, 11) is 0. The molecule has 17 heavy (non-hydrogen) atoms. The summed E-state index contributed by atoms with van der Waals surface area (Å²) in [6.07, 6.45) is 0.342. The van der Waals surface area contributed by atoms with Crippen molar-refractivity contribution >= 4 is 33.4 Å². The van der Waals surface area contributed by atoms with Crippen molar-refractivity contribution < 1.29 is 4.79 Å². The Morgan fingerprint density at radius 2 is 2.29 bits per heavy atom. The van der Waals surface area contributed by atoms with Crippen LogP contribution in [0.5, 0.6) is 0 Å². The highest BCUT2D eigenvalue weighted by atomic mass is 79.9. The Hall–Kier alpha value is -0.580. The summed E-state index contributed by atoms with van der Waals surface area (Å²) in [6, 6.07) is 5.41. The van der Waals surface area contributed by atoms with Crippen LogP contribution in [0.4, 0.5) is 0 Å². The standard InChI is InChI=1S/C12H16BrClN2O/c1-8(6-15)7-16-12(17)4-9-2-3-10(14)5-11(9)13/h2-3,5,8H,4,6-7,15H2,1H3,(H,16,17)/t8-/m1/s1. The molecule has 3 N–H and O–H groups in total. The van der Waals surface area contributed by atoms with Crippen LogP contribution in [0.3, 0.4) is 0 Å². The molecule has 0 radical (unpaired) electrons. The topological polar surface area (TPSA) is 55.1 Å². The zero-order valence-corrected chi connectivity index (χ0v) is 12.0. The minimum absolute atomic E-state index is 0.00618. The number of nitrogens with two attached hydrogens (primary N) is 1. The second-order valence-corrected chi connectivity index (χ2v) is 5.35. The lowest BCUT2D eigenvalue weighted by molar-refractivity contribution is -0.120. The first-order chi connectivity index (χ1) is 8.02. The maximum Gasteiger partial charge on any atom is 0.224 e. The van der Waals surface area contributed by atoms with Crippen molar-refractivity contribution in [2.24, 2.45) is 11.7 Å². The number of carbonyl (C=O) groups excluding carboxylic acids is 1. The number of hydrogen-bond donors (Lipinski definition) is 2. The molecule has 0 spiro atoms. The minimum Gasteiger partial charge on any atom is -0.355 e. The van der Waals surface area contributed by atoms with Crippen LogP contribution >= 0.6 is 27.5 Å². The van der Waals surface area contributed by atoms with Crippen LogP contribution in [0.2, 0.25) is 5.02 Å². The van der Waals surface area contributed by atoms with Gasteiger partial charge in [0.2, 0.25) is 5.91 Å². The van der Waals surface area contributed by atoms with E-state index in [0.29, 0.717) is 30.5 Å². The quantitative estimate of drug-likeness (QED) is 0.875. The third kappa shape index (κ3) is 5.06. The molecule has 0 aliphatic carbocycles. The molecule has 0 heterocycles. The highest BCUT2D eigenvalue weighted by molar-refractivity contribution is 9.10. The Morgan fingerprint density at radius 3 is 2.88 bits per heavy atom. The van der Waals surface area contributed by atoms with Gasteiger partial charge in [0.05, 0.1) is 6.42 Å². The fraction of sp³-hybridized carbons (Fsp3) is 0.417. The first-order valence-corrected chi connectivity index (χ1v) is 6.60. The third-order valence-electron chi connectivity index (χ3n) is 2.42. The van der Waals surface area contributed by atoms with E-state index in [1.165, 1.54) is 0 Å². The van der Waals surface area contributed by atoms with Crippen molar-refractivity contribution in [3.8, 4) is 0 Å². The van der Waals surface area contributed by atoms with Crippen molar-refractivity contribution in [2.75, 3.05) is 13.1 Å². The van der Waals surface area contributed by atoms with E-state index < -0.39 is 0 Å². The number of carbonyl (C=O) groups is 1. The van der Waals surface area contributed by atoms with Gasteiger partial charge in [-0.05, 0) is 30.2 Å². The molecule has 1 atom stereocenters. The molecular weight excluding hydrogens is 304 g/mol. The maximum absolute atomic E-state index is 11.7. The summed E-state index contributed by atoms with van der Waals surface area (Å²) in [6.45, 7) is 3.18. The maximum atomic E-state index is 11.7. The van der Waals surface area contributed by atoms with Gasteiger partial charge in [0.1, 0.15) is 0 Å². The van der Waals surface area contributed by atoms with Gasteiger partial charge in [-0.25, -0.2) is 0 Å². The van der Waals surface area contributed by atoms with Gasteiger partial charge in [-0.15, -0.1) is 0 Å². The van der Waals surface area contributed by atoms with Gasteiger partial charge in [0, 0.05) is 16.0 Å². The fourth-order valence-corrected chi connectivity index (χ4v) is 2.09. The molecule has 94 valence electrons. The van der Waals surface area contributed by atoms with Crippen LogP contribution in [0.15, 0.2) is 22.7 Å². The van der Waals surface area contributed by atoms with E-state index in [2.05, 4.69) is 21.2 Å². The SMILES string of the molecule is C[C@H](CN)CNC(=O)Cc1ccc(Cl)cc1Br. The van der Waals surface area contributed by atoms with E-state index >= 15 is 0 Å². The third-order valence-corrected chi connectivity index (χ3v) is 3.39. The first-order valence-electron chi connectivity index (χ1n) is 5.43. The summed E-state index contributed by atoms with van der Waals surface area (Å²) in [5, 5.41) is 3.50. The largest absolute Gasteiger partial charge is 0.355 e. The summed E-state index contributed by atoms with van der Waals surface area (Å²) in [4.78, 5) is 11.7. The van der Waals surface area contributed by atoms with Gasteiger partial charge in [-0.3, -0.25) is 4.79 Å². The van der Waals surface area contributed by atoms with Crippen molar-refractivity contribution in [3.05, 3.63) is 33.3 Å². The lowest BCUT2D eigenvalue weighted by atomic mass is 10.1. The molecular formula is C12H16BrClN2O. The molecule has 0 saturated heterocycles. The number of hydrogen-bond acceptors (Lipinski definition) is 2. The van der Waals surface area contributed by atoms with Crippen molar-refractivity contribution in [3.63, 3.8) is 0 Å². The monoisotopic (exact) mass is 318 g/mol. The highest BCUT2D eigenvalue weighted by Crippen LogP contribution is 2.21. The summed E-state index contributed by atoms with van der Waals surface area (Å²) in [5.74, 6) is 0.293. The molecule has 0 saturated carbocycles. The lowest BCUT2D eigenvalue weighted by Crippen LogP contribution is -2.32. The second kappa shape index (κ2) is 6.99. The van der Waals surface area contributed by atoms with Crippen LogP contribution in [-0.4, -0.2) is 19.0 Å². The number of rotatable bonds is 5. The van der Waals surface area contributed by atoms with Gasteiger partial charge >= 0.3 is 0 Å². The predicted molar refractivity (Wildman–Crippen MR) is 74.1 cm³/mol. The van der Waals surface area contributed by atoms with Crippen molar-refractivity contribution in [2.45, 2.75) is 13.3 Å². The summed E-state index contributed by atoms with van der Waals surface area (Å²) >= 11 is 9.22. The van der Waals surface area contributed by atoms with Crippen LogP contribution < -0.4 is 11.1 Å². The number of nitrogens with one attached hydrogen (secondary N) is 1. The Kier molecular flexibility index (Phi) is 5.95. The van der Waals surface area contributed by atoms with E-state index in [-0.39, 0.29) is 5.91 Å². The van der Waals surface area contributed by atoms with Crippen LogP contribution in [0.1, 0.15) is 12.5 Å². The Balaban J connectivity index is 2.50. The molecule has 5 heteroatoms. The van der Waals surface area contributed by atoms with E-state index in [0.717, 1.165) is 10.0 Å². The summed E-state index contributed by atoms with van der Waals surface area (Å²) < 4.78 is 0.854. The van der Waals surface area contributed by atoms with Gasteiger partial charge in [0.15, 0.2) is 0 Å². The predicted octanol–water partition coefficient (Wildman–Crippen LogP) is 2.36. The minimum atomic E-state index is -0.00618. The Labute approximate surface area is 115 Å². The van der Waals surface area contributed by atoms with E-state index in [1.54, 1.807) is 12.1 Å². The van der Waals surface area contributed by atoms with E-state index in [9.17, 15) is 4.79 Å². The fourth-order valence-electron chi connectivity index (χ4n) is 1.27. The van der Waals surface area contributed by atoms with Gasteiger partial charge in [0.25, 0.3) is 0 Å². The first kappa shape index (κ1) is 14.5. The highest BCUT2D eigenvalue weighted by Gasteiger charge is 2.08. The zero-order chi connectivity index (χ0) is 12.8. The smallest absolute Gasteiger partial charge is 0.224 e. The van der Waals surface area contributed by atoms with Crippen LogP contribution in [-0.2, 0) is 11.2 Å².